The lowest BCUT2D eigenvalue weighted by molar-refractivity contribution is 0.263. The monoisotopic (exact) mass is 426 g/mol. The quantitative estimate of drug-likeness (QED) is 0.326. The van der Waals surface area contributed by atoms with Crippen molar-refractivity contribution in [1.29, 1.82) is 0 Å². The molecule has 4 aromatic rings. The summed E-state index contributed by atoms with van der Waals surface area (Å²) in [5.74, 6) is 2.00. The first-order chi connectivity index (χ1) is 15.8. The minimum atomic E-state index is 0.202. The van der Waals surface area contributed by atoms with Gasteiger partial charge in [-0.1, -0.05) is 42.5 Å². The molecule has 1 fully saturated rings. The highest BCUT2D eigenvalue weighted by atomic mass is 16.6. The molecule has 0 radical (unpaired) electrons. The van der Waals surface area contributed by atoms with Crippen LogP contribution in [0.3, 0.4) is 0 Å². The maximum absolute atomic E-state index is 5.77. The molecule has 0 spiro atoms. The number of anilines is 6. The van der Waals surface area contributed by atoms with Gasteiger partial charge < -0.3 is 25.4 Å². The number of nitrogens with one attached hydrogen (secondary N) is 3. The molecule has 0 amide bonds. The molecule has 1 atom stereocenters. The third kappa shape index (κ3) is 5.50. The number of hydrogen-bond donors (Lipinski definition) is 3. The van der Waals surface area contributed by atoms with Crippen molar-refractivity contribution in [2.45, 2.75) is 6.10 Å². The number of aromatic nitrogens is 3. The van der Waals surface area contributed by atoms with Crippen LogP contribution >= 0.6 is 0 Å². The second kappa shape index (κ2) is 9.32. The Morgan fingerprint density at radius 2 is 1.19 bits per heavy atom. The first kappa shape index (κ1) is 19.8. The van der Waals surface area contributed by atoms with Crippen molar-refractivity contribution in [3.05, 3.63) is 84.9 Å². The predicted molar refractivity (Wildman–Crippen MR) is 124 cm³/mol. The fourth-order valence-corrected chi connectivity index (χ4v) is 2.99. The van der Waals surface area contributed by atoms with Crippen LogP contribution < -0.4 is 20.7 Å². The van der Waals surface area contributed by atoms with Crippen molar-refractivity contribution in [1.82, 2.24) is 15.0 Å². The molecule has 1 aliphatic heterocycles. The fourth-order valence-electron chi connectivity index (χ4n) is 2.99. The van der Waals surface area contributed by atoms with Gasteiger partial charge in [0.2, 0.25) is 17.8 Å². The van der Waals surface area contributed by atoms with E-state index in [0.29, 0.717) is 24.5 Å². The van der Waals surface area contributed by atoms with E-state index in [1.807, 2.05) is 84.9 Å². The minimum absolute atomic E-state index is 0.202. The predicted octanol–water partition coefficient (Wildman–Crippen LogP) is 4.88. The Morgan fingerprint density at radius 3 is 1.72 bits per heavy atom. The zero-order valence-electron chi connectivity index (χ0n) is 17.2. The van der Waals surface area contributed by atoms with Gasteiger partial charge in [-0.3, -0.25) is 0 Å². The maximum Gasteiger partial charge on any atom is 0.233 e. The SMILES string of the molecule is c1ccc(Nc2nc(Nc3ccccc3)nc(Nc3cccc(OCC4CO4)c3)n2)cc1. The first-order valence-corrected chi connectivity index (χ1v) is 10.3. The summed E-state index contributed by atoms with van der Waals surface area (Å²) in [7, 11) is 0. The van der Waals surface area contributed by atoms with Crippen LogP contribution in [0, 0.1) is 0 Å². The summed E-state index contributed by atoms with van der Waals surface area (Å²) < 4.78 is 11.0. The third-order valence-corrected chi connectivity index (χ3v) is 4.62. The van der Waals surface area contributed by atoms with Crippen molar-refractivity contribution in [2.75, 3.05) is 29.2 Å². The van der Waals surface area contributed by atoms with Crippen molar-refractivity contribution < 1.29 is 9.47 Å². The Hall–Kier alpha value is -4.17. The molecule has 1 aliphatic rings. The van der Waals surface area contributed by atoms with Crippen LogP contribution in [0.15, 0.2) is 84.9 Å². The molecule has 3 N–H and O–H groups in total. The van der Waals surface area contributed by atoms with Gasteiger partial charge in [0.05, 0.1) is 6.61 Å². The number of rotatable bonds is 9. The lowest BCUT2D eigenvalue weighted by atomic mass is 10.3. The summed E-state index contributed by atoms with van der Waals surface area (Å²) in [6.45, 7) is 1.31. The highest BCUT2D eigenvalue weighted by Gasteiger charge is 2.23. The van der Waals surface area contributed by atoms with Crippen LogP contribution in [0.5, 0.6) is 5.75 Å². The molecule has 2 heterocycles. The van der Waals surface area contributed by atoms with E-state index in [1.54, 1.807) is 0 Å². The Labute approximate surface area is 185 Å². The number of hydrogen-bond acceptors (Lipinski definition) is 8. The number of benzene rings is 3. The second-order valence-electron chi connectivity index (χ2n) is 7.21. The zero-order chi connectivity index (χ0) is 21.6. The van der Waals surface area contributed by atoms with Gasteiger partial charge in [-0.15, -0.1) is 0 Å². The molecular formula is C24H22N6O2. The summed E-state index contributed by atoms with van der Waals surface area (Å²) in [6, 6.07) is 27.2. The summed E-state index contributed by atoms with van der Waals surface area (Å²) in [6.07, 6.45) is 0.202. The normalized spacial score (nSPS) is 14.4. The van der Waals surface area contributed by atoms with Gasteiger partial charge in [0.1, 0.15) is 18.5 Å². The summed E-state index contributed by atoms with van der Waals surface area (Å²) in [5, 5.41) is 9.70. The number of para-hydroxylation sites is 2. The van der Waals surface area contributed by atoms with Gasteiger partial charge in [-0.05, 0) is 36.4 Å². The highest BCUT2D eigenvalue weighted by Crippen LogP contribution is 2.24. The average Bonchev–Trinajstić information content (AvgIpc) is 3.64. The average molecular weight is 426 g/mol. The topological polar surface area (TPSA) is 96.5 Å². The van der Waals surface area contributed by atoms with Gasteiger partial charge in [-0.2, -0.15) is 15.0 Å². The third-order valence-electron chi connectivity index (χ3n) is 4.62. The lowest BCUT2D eigenvalue weighted by Gasteiger charge is -2.12. The maximum atomic E-state index is 5.77. The molecule has 1 aromatic heterocycles. The Morgan fingerprint density at radius 1 is 0.688 bits per heavy atom. The van der Waals surface area contributed by atoms with E-state index < -0.39 is 0 Å². The molecule has 0 saturated carbocycles. The molecule has 0 bridgehead atoms. The summed E-state index contributed by atoms with van der Waals surface area (Å²) >= 11 is 0. The van der Waals surface area contributed by atoms with E-state index in [0.717, 1.165) is 29.4 Å². The Kier molecular flexibility index (Phi) is 5.76. The molecule has 0 aliphatic carbocycles. The molecule has 8 nitrogen and oxygen atoms in total. The molecular weight excluding hydrogens is 404 g/mol. The minimum Gasteiger partial charge on any atom is -0.491 e. The van der Waals surface area contributed by atoms with Crippen LogP contribution in [0.1, 0.15) is 0 Å². The molecule has 1 saturated heterocycles. The van der Waals surface area contributed by atoms with Crippen LogP contribution in [-0.2, 0) is 4.74 Å². The fraction of sp³-hybridized carbons (Fsp3) is 0.125. The largest absolute Gasteiger partial charge is 0.491 e. The Balaban J connectivity index is 1.39. The molecule has 3 aromatic carbocycles. The standard InChI is InChI=1S/C24H22N6O2/c1-3-8-17(9-4-1)25-22-28-23(26-18-10-5-2-6-11-18)30-24(29-22)27-19-12-7-13-20(14-19)31-15-21-16-32-21/h1-14,21H,15-16H2,(H3,25,26,27,28,29,30). The van der Waals surface area contributed by atoms with Crippen LogP contribution in [0.4, 0.5) is 34.9 Å². The van der Waals surface area contributed by atoms with E-state index >= 15 is 0 Å². The van der Waals surface area contributed by atoms with Crippen molar-refractivity contribution in [3.8, 4) is 5.75 Å². The highest BCUT2D eigenvalue weighted by molar-refractivity contribution is 5.62. The number of nitrogens with zero attached hydrogens (tertiary/aromatic N) is 3. The van der Waals surface area contributed by atoms with Crippen molar-refractivity contribution in [2.24, 2.45) is 0 Å². The molecule has 160 valence electrons. The van der Waals surface area contributed by atoms with Gasteiger partial charge in [0.15, 0.2) is 0 Å². The van der Waals surface area contributed by atoms with E-state index in [1.165, 1.54) is 0 Å². The van der Waals surface area contributed by atoms with Crippen molar-refractivity contribution >= 4 is 34.9 Å². The van der Waals surface area contributed by atoms with Crippen LogP contribution in [0.25, 0.3) is 0 Å². The molecule has 32 heavy (non-hydrogen) atoms. The zero-order valence-corrected chi connectivity index (χ0v) is 17.2. The number of epoxide rings is 1. The van der Waals surface area contributed by atoms with Crippen molar-refractivity contribution in [3.63, 3.8) is 0 Å². The summed E-state index contributed by atoms with van der Waals surface area (Å²) in [4.78, 5) is 13.6. The van der Waals surface area contributed by atoms with E-state index in [4.69, 9.17) is 9.47 Å². The smallest absolute Gasteiger partial charge is 0.233 e. The summed E-state index contributed by atoms with van der Waals surface area (Å²) in [5.41, 5.74) is 2.57. The first-order valence-electron chi connectivity index (χ1n) is 10.3. The van der Waals surface area contributed by atoms with E-state index in [9.17, 15) is 0 Å². The van der Waals surface area contributed by atoms with Crippen LogP contribution in [-0.4, -0.2) is 34.3 Å². The molecule has 8 heteroatoms. The van der Waals surface area contributed by atoms with Gasteiger partial charge >= 0.3 is 0 Å². The Bertz CT molecular complexity index is 1110. The van der Waals surface area contributed by atoms with E-state index in [2.05, 4.69) is 30.9 Å². The van der Waals surface area contributed by atoms with Gasteiger partial charge in [0, 0.05) is 23.1 Å². The lowest BCUT2D eigenvalue weighted by Crippen LogP contribution is -2.07. The van der Waals surface area contributed by atoms with Gasteiger partial charge in [0.25, 0.3) is 0 Å². The molecule has 5 rings (SSSR count). The van der Waals surface area contributed by atoms with Gasteiger partial charge in [-0.25, -0.2) is 0 Å². The number of ether oxygens (including phenoxy) is 2. The molecule has 1 unspecified atom stereocenters. The van der Waals surface area contributed by atoms with Crippen LogP contribution in [0.2, 0.25) is 0 Å². The second-order valence-corrected chi connectivity index (χ2v) is 7.21. The van der Waals surface area contributed by atoms with E-state index in [-0.39, 0.29) is 6.10 Å².